The molecule has 0 spiro atoms. The molecule has 0 N–H and O–H groups in total. The Morgan fingerprint density at radius 2 is 1.25 bits per heavy atom. The molecule has 3 aromatic carbocycles. The summed E-state index contributed by atoms with van der Waals surface area (Å²) in [6, 6.07) is 4.86. The summed E-state index contributed by atoms with van der Waals surface area (Å²) in [6.45, 7) is 0. The summed E-state index contributed by atoms with van der Waals surface area (Å²) >= 11 is 0. The number of hydrogen-bond donors (Lipinski definition) is 0. The minimum atomic E-state index is -4.59. The minimum Gasteiger partial charge on any atom is -0.429 e. The van der Waals surface area contributed by atoms with Crippen molar-refractivity contribution in [3.05, 3.63) is 89.0 Å². The Morgan fingerprint density at radius 1 is 0.607 bits per heavy atom. The molecule has 0 fully saturated rings. The van der Waals surface area contributed by atoms with Crippen molar-refractivity contribution in [2.24, 2.45) is 0 Å². The molecule has 0 unspecified atom stereocenters. The van der Waals surface area contributed by atoms with Crippen molar-refractivity contribution >= 4 is 0 Å². The van der Waals surface area contributed by atoms with Crippen molar-refractivity contribution in [1.29, 1.82) is 0 Å². The average molecular weight is 404 g/mol. The van der Waals surface area contributed by atoms with Gasteiger partial charge in [-0.05, 0) is 29.8 Å². The van der Waals surface area contributed by atoms with Crippen LogP contribution in [0.3, 0.4) is 0 Å². The van der Waals surface area contributed by atoms with Gasteiger partial charge in [-0.25, -0.2) is 26.3 Å². The molecular formula is C19H8F8O. The van der Waals surface area contributed by atoms with Crippen LogP contribution in [0.25, 0.3) is 11.1 Å². The molecule has 0 aliphatic carbocycles. The van der Waals surface area contributed by atoms with Crippen LogP contribution in [0.2, 0.25) is 0 Å². The molecule has 3 rings (SSSR count). The molecule has 0 aliphatic rings. The lowest BCUT2D eigenvalue weighted by Gasteiger charge is -2.19. The third-order valence-corrected chi connectivity index (χ3v) is 3.72. The van der Waals surface area contributed by atoms with Crippen LogP contribution in [-0.2, 0) is 6.11 Å². The molecule has 3 aromatic rings. The van der Waals surface area contributed by atoms with Gasteiger partial charge in [-0.3, -0.25) is 0 Å². The van der Waals surface area contributed by atoms with E-state index in [2.05, 4.69) is 4.74 Å². The zero-order valence-corrected chi connectivity index (χ0v) is 13.6. The second kappa shape index (κ2) is 7.14. The molecule has 0 aromatic heterocycles. The van der Waals surface area contributed by atoms with Crippen molar-refractivity contribution < 1.29 is 39.9 Å². The number of hydrogen-bond acceptors (Lipinski definition) is 1. The zero-order valence-electron chi connectivity index (χ0n) is 13.6. The fourth-order valence-electron chi connectivity index (χ4n) is 2.48. The molecule has 0 saturated heterocycles. The molecule has 0 aliphatic heterocycles. The van der Waals surface area contributed by atoms with Gasteiger partial charge in [-0.1, -0.05) is 6.07 Å². The van der Waals surface area contributed by atoms with Gasteiger partial charge in [0, 0.05) is 23.8 Å². The molecule has 0 amide bonds. The van der Waals surface area contributed by atoms with Gasteiger partial charge in [0.05, 0.1) is 0 Å². The first-order valence-corrected chi connectivity index (χ1v) is 7.55. The predicted molar refractivity (Wildman–Crippen MR) is 82.6 cm³/mol. The molecule has 0 bridgehead atoms. The predicted octanol–water partition coefficient (Wildman–Crippen LogP) is 6.32. The van der Waals surface area contributed by atoms with Crippen molar-refractivity contribution in [2.45, 2.75) is 6.11 Å². The van der Waals surface area contributed by atoms with Crippen LogP contribution < -0.4 is 4.74 Å². The summed E-state index contributed by atoms with van der Waals surface area (Å²) in [4.78, 5) is 0. The van der Waals surface area contributed by atoms with Gasteiger partial charge in [0.15, 0.2) is 11.6 Å². The first-order chi connectivity index (χ1) is 13.1. The lowest BCUT2D eigenvalue weighted by molar-refractivity contribution is -0.189. The normalized spacial score (nSPS) is 11.6. The highest BCUT2D eigenvalue weighted by Crippen LogP contribution is 2.36. The van der Waals surface area contributed by atoms with E-state index >= 15 is 0 Å². The molecule has 146 valence electrons. The fourth-order valence-corrected chi connectivity index (χ4v) is 2.48. The highest BCUT2D eigenvalue weighted by Gasteiger charge is 2.41. The molecule has 0 heterocycles. The van der Waals surface area contributed by atoms with Gasteiger partial charge < -0.3 is 4.74 Å². The Labute approximate surface area is 152 Å². The first kappa shape index (κ1) is 19.7. The molecule has 0 saturated carbocycles. The Morgan fingerprint density at radius 3 is 1.82 bits per heavy atom. The highest BCUT2D eigenvalue weighted by atomic mass is 19.3. The van der Waals surface area contributed by atoms with Gasteiger partial charge in [0.2, 0.25) is 0 Å². The van der Waals surface area contributed by atoms with Crippen molar-refractivity contribution in [3.8, 4) is 16.9 Å². The van der Waals surface area contributed by atoms with Crippen LogP contribution in [0.4, 0.5) is 35.1 Å². The number of benzene rings is 3. The monoisotopic (exact) mass is 404 g/mol. The molecular weight excluding hydrogens is 396 g/mol. The van der Waals surface area contributed by atoms with E-state index in [1.807, 2.05) is 0 Å². The summed E-state index contributed by atoms with van der Waals surface area (Å²) in [7, 11) is 0. The highest BCUT2D eigenvalue weighted by molar-refractivity contribution is 5.65. The van der Waals surface area contributed by atoms with Crippen LogP contribution in [0.5, 0.6) is 5.75 Å². The van der Waals surface area contributed by atoms with Crippen LogP contribution in [0.1, 0.15) is 5.56 Å². The van der Waals surface area contributed by atoms with Crippen LogP contribution in [0.15, 0.2) is 48.5 Å². The van der Waals surface area contributed by atoms with Crippen LogP contribution in [-0.4, -0.2) is 0 Å². The fraction of sp³-hybridized carbons (Fsp3) is 0.0526. The Kier molecular flexibility index (Phi) is 5.01. The second-order valence-electron chi connectivity index (χ2n) is 5.63. The summed E-state index contributed by atoms with van der Waals surface area (Å²) < 4.78 is 113. The number of ether oxygens (including phenoxy) is 1. The third kappa shape index (κ3) is 3.78. The zero-order chi connectivity index (χ0) is 20.6. The standard InChI is InChI=1S/C19H8F8O/c20-10-6-16(24)18(17(25)7-10)19(26,27)28-11-2-3-12(14(22)8-11)9-1-4-13(21)15(23)5-9/h1-8H. The minimum absolute atomic E-state index is 0.0441. The third-order valence-electron chi connectivity index (χ3n) is 3.72. The molecule has 1 nitrogen and oxygen atoms in total. The smallest absolute Gasteiger partial charge is 0.429 e. The van der Waals surface area contributed by atoms with E-state index in [4.69, 9.17) is 0 Å². The summed E-state index contributed by atoms with van der Waals surface area (Å²) in [5.41, 5.74) is -2.18. The van der Waals surface area contributed by atoms with E-state index in [0.717, 1.165) is 24.3 Å². The lowest BCUT2D eigenvalue weighted by Crippen LogP contribution is -2.25. The van der Waals surface area contributed by atoms with Gasteiger partial charge in [-0.15, -0.1) is 0 Å². The summed E-state index contributed by atoms with van der Waals surface area (Å²) in [6.07, 6.45) is -4.59. The van der Waals surface area contributed by atoms with Crippen LogP contribution in [0, 0.1) is 34.9 Å². The molecule has 0 radical (unpaired) electrons. The first-order valence-electron chi connectivity index (χ1n) is 7.55. The van der Waals surface area contributed by atoms with E-state index in [0.29, 0.717) is 12.1 Å². The average Bonchev–Trinajstić information content (AvgIpc) is 2.56. The lowest BCUT2D eigenvalue weighted by atomic mass is 10.0. The van der Waals surface area contributed by atoms with Crippen molar-refractivity contribution in [1.82, 2.24) is 0 Å². The van der Waals surface area contributed by atoms with Crippen molar-refractivity contribution in [3.63, 3.8) is 0 Å². The van der Waals surface area contributed by atoms with Gasteiger partial charge >= 0.3 is 6.11 Å². The quantitative estimate of drug-likeness (QED) is 0.463. The molecule has 28 heavy (non-hydrogen) atoms. The van der Waals surface area contributed by atoms with E-state index < -0.39 is 52.3 Å². The SMILES string of the molecule is Fc1cc(F)c(C(F)(F)Oc2ccc(-c3ccc(F)c(F)c3)c(F)c2)c(F)c1. The van der Waals surface area contributed by atoms with E-state index in [1.165, 1.54) is 0 Å². The van der Waals surface area contributed by atoms with Gasteiger partial charge in [0.25, 0.3) is 0 Å². The second-order valence-corrected chi connectivity index (χ2v) is 5.63. The Hall–Kier alpha value is -3.10. The van der Waals surface area contributed by atoms with E-state index in [-0.39, 0.29) is 23.3 Å². The summed E-state index contributed by atoms with van der Waals surface area (Å²) in [5.74, 6) is -9.53. The topological polar surface area (TPSA) is 9.23 Å². The number of rotatable bonds is 4. The number of halogens is 8. The molecule has 9 heteroatoms. The van der Waals surface area contributed by atoms with Gasteiger partial charge in [-0.2, -0.15) is 8.78 Å². The maximum absolute atomic E-state index is 14.2. The van der Waals surface area contributed by atoms with E-state index in [9.17, 15) is 35.1 Å². The number of alkyl halides is 2. The molecule has 0 atom stereocenters. The Balaban J connectivity index is 1.93. The maximum atomic E-state index is 14.2. The van der Waals surface area contributed by atoms with Crippen LogP contribution >= 0.6 is 0 Å². The Bertz CT molecular complexity index is 1030. The maximum Gasteiger partial charge on any atom is 0.432 e. The van der Waals surface area contributed by atoms with E-state index in [1.54, 1.807) is 0 Å². The largest absolute Gasteiger partial charge is 0.432 e. The van der Waals surface area contributed by atoms with Gasteiger partial charge in [0.1, 0.15) is 34.6 Å². The summed E-state index contributed by atoms with van der Waals surface area (Å²) in [5, 5.41) is 0. The van der Waals surface area contributed by atoms with Crippen molar-refractivity contribution in [2.75, 3.05) is 0 Å².